The average Bonchev–Trinajstić information content (AvgIpc) is 3.05. The van der Waals surface area contributed by atoms with Gasteiger partial charge < -0.3 is 15.1 Å². The average molecular weight is 380 g/mol. The summed E-state index contributed by atoms with van der Waals surface area (Å²) in [6, 6.07) is 11.8. The van der Waals surface area contributed by atoms with E-state index in [1.807, 2.05) is 18.2 Å². The summed E-state index contributed by atoms with van der Waals surface area (Å²) in [5, 5.41) is 11.4. The fraction of sp³-hybridized carbons (Fsp3) is 0.500. The Morgan fingerprint density at radius 1 is 0.714 bits per heavy atom. The summed E-state index contributed by atoms with van der Waals surface area (Å²) >= 11 is 0. The van der Waals surface area contributed by atoms with Crippen molar-refractivity contribution in [3.05, 3.63) is 42.1 Å². The van der Waals surface area contributed by atoms with Crippen LogP contribution in [0.5, 0.6) is 0 Å². The minimum atomic E-state index is -0.222. The normalized spacial score (nSPS) is 17.9. The van der Waals surface area contributed by atoms with Gasteiger partial charge in [0, 0.05) is 37.6 Å². The van der Waals surface area contributed by atoms with Crippen LogP contribution < -0.4 is 15.1 Å². The van der Waals surface area contributed by atoms with Crippen LogP contribution in [0.2, 0.25) is 0 Å². The number of anilines is 3. The molecule has 2 fully saturated rings. The fourth-order valence-electron chi connectivity index (χ4n) is 4.02. The van der Waals surface area contributed by atoms with E-state index in [4.69, 9.17) is 0 Å². The Hall–Kier alpha value is -2.63. The van der Waals surface area contributed by atoms with Gasteiger partial charge in [-0.25, -0.2) is 0 Å². The zero-order chi connectivity index (χ0) is 19.2. The van der Waals surface area contributed by atoms with Gasteiger partial charge in [-0.15, -0.1) is 10.2 Å². The predicted octanol–water partition coefficient (Wildman–Crippen LogP) is 4.10. The van der Waals surface area contributed by atoms with Crippen LogP contribution in [-0.4, -0.2) is 42.3 Å². The highest BCUT2D eigenvalue weighted by Crippen LogP contribution is 2.22. The molecular formula is C22H29N5O. The maximum atomic E-state index is 12.5. The molecule has 0 radical (unpaired) electrons. The summed E-state index contributed by atoms with van der Waals surface area (Å²) in [5.41, 5.74) is 2.35. The van der Waals surface area contributed by atoms with Crippen LogP contribution in [0.4, 0.5) is 17.2 Å². The number of hydrogen-bond donors (Lipinski definition) is 1. The molecule has 6 heteroatoms. The molecule has 2 aliphatic heterocycles. The predicted molar refractivity (Wildman–Crippen MR) is 113 cm³/mol. The number of rotatable bonds is 4. The van der Waals surface area contributed by atoms with E-state index in [1.165, 1.54) is 50.6 Å². The Bertz CT molecular complexity index is 761. The minimum Gasteiger partial charge on any atom is -0.372 e. The molecule has 4 rings (SSSR count). The third-order valence-corrected chi connectivity index (χ3v) is 5.66. The van der Waals surface area contributed by atoms with Crippen LogP contribution in [0.15, 0.2) is 36.4 Å². The first-order chi connectivity index (χ1) is 13.8. The van der Waals surface area contributed by atoms with E-state index in [-0.39, 0.29) is 5.91 Å². The number of amides is 1. The van der Waals surface area contributed by atoms with Gasteiger partial charge in [0.05, 0.1) is 0 Å². The first-order valence-electron chi connectivity index (χ1n) is 10.5. The van der Waals surface area contributed by atoms with Crippen LogP contribution in [-0.2, 0) is 0 Å². The van der Waals surface area contributed by atoms with Crippen LogP contribution in [0, 0.1) is 0 Å². The van der Waals surface area contributed by atoms with E-state index in [1.54, 1.807) is 6.07 Å². The summed E-state index contributed by atoms with van der Waals surface area (Å²) < 4.78 is 0. The molecule has 2 aromatic rings. The molecule has 1 N–H and O–H groups in total. The molecule has 0 bridgehead atoms. The van der Waals surface area contributed by atoms with Gasteiger partial charge in [-0.2, -0.15) is 0 Å². The second-order valence-corrected chi connectivity index (χ2v) is 7.73. The van der Waals surface area contributed by atoms with Crippen molar-refractivity contribution in [1.29, 1.82) is 0 Å². The number of hydrogen-bond acceptors (Lipinski definition) is 5. The molecular weight excluding hydrogens is 350 g/mol. The van der Waals surface area contributed by atoms with Crippen LogP contribution in [0.1, 0.15) is 55.4 Å². The smallest absolute Gasteiger partial charge is 0.276 e. The van der Waals surface area contributed by atoms with Crippen molar-refractivity contribution in [1.82, 2.24) is 10.2 Å². The van der Waals surface area contributed by atoms with Gasteiger partial charge in [0.2, 0.25) is 0 Å². The number of carbonyl (C=O) groups excluding carboxylic acids is 1. The van der Waals surface area contributed by atoms with Crippen molar-refractivity contribution in [3.8, 4) is 0 Å². The maximum absolute atomic E-state index is 12.5. The fourth-order valence-corrected chi connectivity index (χ4v) is 4.02. The number of aromatic nitrogens is 2. The lowest BCUT2D eigenvalue weighted by molar-refractivity contribution is 0.102. The summed E-state index contributed by atoms with van der Waals surface area (Å²) in [7, 11) is 0. The van der Waals surface area contributed by atoms with Gasteiger partial charge in [-0.05, 0) is 68.5 Å². The molecule has 0 unspecified atom stereocenters. The van der Waals surface area contributed by atoms with E-state index < -0.39 is 0 Å². The van der Waals surface area contributed by atoms with Crippen LogP contribution in [0.25, 0.3) is 0 Å². The Labute approximate surface area is 166 Å². The largest absolute Gasteiger partial charge is 0.372 e. The lowest BCUT2D eigenvalue weighted by atomic mass is 10.1. The number of nitrogens with one attached hydrogen (secondary N) is 1. The van der Waals surface area contributed by atoms with Gasteiger partial charge in [-0.3, -0.25) is 4.79 Å². The molecule has 6 nitrogen and oxygen atoms in total. The number of benzene rings is 1. The minimum absolute atomic E-state index is 0.222. The highest BCUT2D eigenvalue weighted by atomic mass is 16.1. The maximum Gasteiger partial charge on any atom is 0.276 e. The van der Waals surface area contributed by atoms with E-state index in [0.29, 0.717) is 5.69 Å². The first kappa shape index (κ1) is 18.7. The van der Waals surface area contributed by atoms with Gasteiger partial charge in [-0.1, -0.05) is 12.8 Å². The third kappa shape index (κ3) is 4.61. The zero-order valence-corrected chi connectivity index (χ0v) is 16.4. The standard InChI is InChI=1S/C22H29N5O/c28-22(20-12-13-21(25-24-20)27-16-4-1-2-5-17-27)23-18-8-10-19(11-9-18)26-14-6-3-7-15-26/h8-13H,1-7,14-17H2,(H,23,28). The second-order valence-electron chi connectivity index (χ2n) is 7.73. The summed E-state index contributed by atoms with van der Waals surface area (Å²) in [6.45, 7) is 4.27. The van der Waals surface area contributed by atoms with Gasteiger partial charge in [0.1, 0.15) is 0 Å². The lowest BCUT2D eigenvalue weighted by Crippen LogP contribution is -2.29. The van der Waals surface area contributed by atoms with Crippen molar-refractivity contribution >= 4 is 23.1 Å². The lowest BCUT2D eigenvalue weighted by Gasteiger charge is -2.28. The van der Waals surface area contributed by atoms with Crippen molar-refractivity contribution in [3.63, 3.8) is 0 Å². The van der Waals surface area contributed by atoms with Crippen molar-refractivity contribution in [2.24, 2.45) is 0 Å². The first-order valence-corrected chi connectivity index (χ1v) is 10.5. The van der Waals surface area contributed by atoms with Crippen molar-refractivity contribution in [2.75, 3.05) is 41.3 Å². The molecule has 28 heavy (non-hydrogen) atoms. The van der Waals surface area contributed by atoms with E-state index in [9.17, 15) is 4.79 Å². The van der Waals surface area contributed by atoms with Crippen LogP contribution >= 0.6 is 0 Å². The molecule has 3 heterocycles. The summed E-state index contributed by atoms with van der Waals surface area (Å²) in [5.74, 6) is 0.643. The Balaban J connectivity index is 1.36. The SMILES string of the molecule is O=C(Nc1ccc(N2CCCCC2)cc1)c1ccc(N2CCCCCC2)nn1. The number of nitrogens with zero attached hydrogens (tertiary/aromatic N) is 4. The topological polar surface area (TPSA) is 61.4 Å². The molecule has 2 aliphatic rings. The molecule has 1 aromatic carbocycles. The third-order valence-electron chi connectivity index (χ3n) is 5.66. The Kier molecular flexibility index (Phi) is 6.04. The molecule has 148 valence electrons. The molecule has 0 saturated carbocycles. The quantitative estimate of drug-likeness (QED) is 0.867. The highest BCUT2D eigenvalue weighted by Gasteiger charge is 2.14. The zero-order valence-electron chi connectivity index (χ0n) is 16.4. The number of piperidine rings is 1. The van der Waals surface area contributed by atoms with E-state index >= 15 is 0 Å². The molecule has 0 spiro atoms. The monoisotopic (exact) mass is 379 g/mol. The van der Waals surface area contributed by atoms with Gasteiger partial charge >= 0.3 is 0 Å². The molecule has 1 amide bonds. The molecule has 1 aromatic heterocycles. The molecule has 2 saturated heterocycles. The van der Waals surface area contributed by atoms with E-state index in [0.717, 1.165) is 37.7 Å². The molecule has 0 atom stereocenters. The summed E-state index contributed by atoms with van der Waals surface area (Å²) in [4.78, 5) is 17.2. The van der Waals surface area contributed by atoms with Crippen LogP contribution in [0.3, 0.4) is 0 Å². The Morgan fingerprint density at radius 2 is 1.32 bits per heavy atom. The number of carbonyl (C=O) groups is 1. The van der Waals surface area contributed by atoms with Gasteiger partial charge in [0.15, 0.2) is 11.5 Å². The van der Waals surface area contributed by atoms with Crippen molar-refractivity contribution in [2.45, 2.75) is 44.9 Å². The highest BCUT2D eigenvalue weighted by molar-refractivity contribution is 6.02. The molecule has 0 aliphatic carbocycles. The van der Waals surface area contributed by atoms with E-state index in [2.05, 4.69) is 37.4 Å². The second kappa shape index (κ2) is 9.04. The van der Waals surface area contributed by atoms with Crippen molar-refractivity contribution < 1.29 is 4.79 Å². The van der Waals surface area contributed by atoms with Gasteiger partial charge in [0.25, 0.3) is 5.91 Å². The summed E-state index contributed by atoms with van der Waals surface area (Å²) in [6.07, 6.45) is 8.77. The Morgan fingerprint density at radius 3 is 1.93 bits per heavy atom.